The maximum Gasteiger partial charge on any atom is 0.358 e. The van der Waals surface area contributed by atoms with Crippen molar-refractivity contribution in [2.75, 3.05) is 0 Å². The standard InChI is InChI=1S/C6H4BrNO3/c7-4-2-1-3(9)5(8-4)6(10)11/h1-2,9H,(H,10,11). The molecule has 11 heavy (non-hydrogen) atoms. The maximum atomic E-state index is 10.3. The van der Waals surface area contributed by atoms with Crippen LogP contribution in [0.4, 0.5) is 0 Å². The molecule has 1 aromatic heterocycles. The number of pyridine rings is 1. The Bertz CT molecular complexity index is 300. The van der Waals surface area contributed by atoms with Crippen LogP contribution in [0.5, 0.6) is 5.75 Å². The summed E-state index contributed by atoms with van der Waals surface area (Å²) >= 11 is 2.98. The number of rotatable bonds is 1. The lowest BCUT2D eigenvalue weighted by molar-refractivity contribution is 0.0687. The van der Waals surface area contributed by atoms with Crippen molar-refractivity contribution in [1.82, 2.24) is 4.98 Å². The molecule has 0 amide bonds. The lowest BCUT2D eigenvalue weighted by Gasteiger charge is -1.96. The first-order valence-corrected chi connectivity index (χ1v) is 3.49. The zero-order chi connectivity index (χ0) is 8.43. The van der Waals surface area contributed by atoms with Gasteiger partial charge >= 0.3 is 5.97 Å². The Balaban J connectivity index is 3.23. The number of carboxylic acid groups (broad SMARTS) is 1. The van der Waals surface area contributed by atoms with Crippen LogP contribution in [-0.2, 0) is 0 Å². The molecule has 4 nitrogen and oxygen atoms in total. The second kappa shape index (κ2) is 2.87. The lowest BCUT2D eigenvalue weighted by Crippen LogP contribution is -2.00. The number of hydrogen-bond donors (Lipinski definition) is 2. The zero-order valence-corrected chi connectivity index (χ0v) is 6.87. The molecule has 1 rings (SSSR count). The van der Waals surface area contributed by atoms with Crippen LogP contribution < -0.4 is 0 Å². The number of carbonyl (C=O) groups is 1. The molecular formula is C6H4BrNO3. The molecule has 1 heterocycles. The average molecular weight is 218 g/mol. The maximum absolute atomic E-state index is 10.3. The average Bonchev–Trinajstić information content (AvgIpc) is 1.94. The molecular weight excluding hydrogens is 214 g/mol. The minimum Gasteiger partial charge on any atom is -0.505 e. The lowest BCUT2D eigenvalue weighted by atomic mass is 10.3. The Hall–Kier alpha value is -1.10. The Morgan fingerprint density at radius 2 is 2.18 bits per heavy atom. The van der Waals surface area contributed by atoms with Gasteiger partial charge in [-0.1, -0.05) is 0 Å². The van der Waals surface area contributed by atoms with E-state index < -0.39 is 5.97 Å². The van der Waals surface area contributed by atoms with Gasteiger partial charge in [-0.2, -0.15) is 0 Å². The van der Waals surface area contributed by atoms with Crippen molar-refractivity contribution in [3.63, 3.8) is 0 Å². The molecule has 0 spiro atoms. The van der Waals surface area contributed by atoms with Crippen molar-refractivity contribution in [1.29, 1.82) is 0 Å². The first-order chi connectivity index (χ1) is 5.11. The van der Waals surface area contributed by atoms with E-state index in [1.54, 1.807) is 0 Å². The van der Waals surface area contributed by atoms with E-state index in [1.165, 1.54) is 12.1 Å². The molecule has 0 saturated carbocycles. The second-order valence-electron chi connectivity index (χ2n) is 1.81. The van der Waals surface area contributed by atoms with Gasteiger partial charge in [-0.25, -0.2) is 9.78 Å². The fraction of sp³-hybridized carbons (Fsp3) is 0. The van der Waals surface area contributed by atoms with E-state index in [0.29, 0.717) is 4.60 Å². The van der Waals surface area contributed by atoms with Crippen LogP contribution in [0, 0.1) is 0 Å². The molecule has 58 valence electrons. The van der Waals surface area contributed by atoms with Gasteiger partial charge in [0.1, 0.15) is 10.4 Å². The largest absolute Gasteiger partial charge is 0.505 e. The first-order valence-electron chi connectivity index (χ1n) is 2.70. The van der Waals surface area contributed by atoms with Gasteiger partial charge in [0.05, 0.1) is 0 Å². The Morgan fingerprint density at radius 3 is 2.64 bits per heavy atom. The number of aromatic carboxylic acids is 1. The molecule has 0 radical (unpaired) electrons. The minimum absolute atomic E-state index is 0.333. The van der Waals surface area contributed by atoms with Gasteiger partial charge in [-0.15, -0.1) is 0 Å². The van der Waals surface area contributed by atoms with Crippen molar-refractivity contribution < 1.29 is 15.0 Å². The van der Waals surface area contributed by atoms with Crippen molar-refractivity contribution in [3.8, 4) is 5.75 Å². The normalized spacial score (nSPS) is 9.55. The highest BCUT2D eigenvalue weighted by molar-refractivity contribution is 9.10. The molecule has 0 fully saturated rings. The summed E-state index contributed by atoms with van der Waals surface area (Å²) in [6.45, 7) is 0. The quantitative estimate of drug-likeness (QED) is 0.695. The molecule has 2 N–H and O–H groups in total. The third-order valence-electron chi connectivity index (χ3n) is 1.04. The zero-order valence-electron chi connectivity index (χ0n) is 5.28. The van der Waals surface area contributed by atoms with Crippen LogP contribution in [0.15, 0.2) is 16.7 Å². The Kier molecular flexibility index (Phi) is 2.09. The van der Waals surface area contributed by atoms with Gasteiger partial charge in [0.15, 0.2) is 5.69 Å². The van der Waals surface area contributed by atoms with E-state index in [2.05, 4.69) is 20.9 Å². The molecule has 1 aromatic rings. The highest BCUT2D eigenvalue weighted by atomic mass is 79.9. The summed E-state index contributed by atoms with van der Waals surface area (Å²) in [5, 5.41) is 17.4. The second-order valence-corrected chi connectivity index (χ2v) is 2.62. The van der Waals surface area contributed by atoms with Gasteiger partial charge in [0, 0.05) is 0 Å². The third kappa shape index (κ3) is 1.68. The number of carboxylic acids is 1. The third-order valence-corrected chi connectivity index (χ3v) is 1.48. The fourth-order valence-corrected chi connectivity index (χ4v) is 0.895. The minimum atomic E-state index is -1.25. The SMILES string of the molecule is O=C(O)c1nc(Br)ccc1O. The molecule has 0 saturated heterocycles. The van der Waals surface area contributed by atoms with Crippen LogP contribution in [0.3, 0.4) is 0 Å². The molecule has 0 bridgehead atoms. The summed E-state index contributed by atoms with van der Waals surface area (Å²) in [6, 6.07) is 2.72. The Morgan fingerprint density at radius 1 is 1.55 bits per heavy atom. The van der Waals surface area contributed by atoms with Gasteiger partial charge < -0.3 is 10.2 Å². The first kappa shape index (κ1) is 8.00. The van der Waals surface area contributed by atoms with Crippen LogP contribution in [-0.4, -0.2) is 21.2 Å². The van der Waals surface area contributed by atoms with E-state index in [4.69, 9.17) is 10.2 Å². The predicted molar refractivity (Wildman–Crippen MR) is 40.6 cm³/mol. The fourth-order valence-electron chi connectivity index (χ4n) is 0.585. The van der Waals surface area contributed by atoms with Crippen molar-refractivity contribution >= 4 is 21.9 Å². The van der Waals surface area contributed by atoms with E-state index in [1.807, 2.05) is 0 Å². The highest BCUT2D eigenvalue weighted by Crippen LogP contribution is 2.17. The van der Waals surface area contributed by atoms with Gasteiger partial charge in [-0.3, -0.25) is 0 Å². The number of aromatic hydroxyl groups is 1. The topological polar surface area (TPSA) is 70.4 Å². The van der Waals surface area contributed by atoms with E-state index in [9.17, 15) is 4.79 Å². The summed E-state index contributed by atoms with van der Waals surface area (Å²) in [5.74, 6) is -1.58. The number of nitrogens with zero attached hydrogens (tertiary/aromatic N) is 1. The number of hydrogen-bond acceptors (Lipinski definition) is 3. The monoisotopic (exact) mass is 217 g/mol. The van der Waals surface area contributed by atoms with Crippen molar-refractivity contribution in [2.24, 2.45) is 0 Å². The Labute approximate surface area is 70.6 Å². The van der Waals surface area contributed by atoms with Crippen LogP contribution >= 0.6 is 15.9 Å². The van der Waals surface area contributed by atoms with Gasteiger partial charge in [0.2, 0.25) is 0 Å². The molecule has 0 aromatic carbocycles. The predicted octanol–water partition coefficient (Wildman–Crippen LogP) is 1.25. The molecule has 0 atom stereocenters. The smallest absolute Gasteiger partial charge is 0.358 e. The van der Waals surface area contributed by atoms with Crippen LogP contribution in [0.1, 0.15) is 10.5 Å². The van der Waals surface area contributed by atoms with Crippen molar-refractivity contribution in [2.45, 2.75) is 0 Å². The van der Waals surface area contributed by atoms with Crippen LogP contribution in [0.2, 0.25) is 0 Å². The molecule has 0 aliphatic carbocycles. The summed E-state index contributed by atoms with van der Waals surface area (Å²) in [7, 11) is 0. The van der Waals surface area contributed by atoms with Crippen molar-refractivity contribution in [3.05, 3.63) is 22.4 Å². The summed E-state index contributed by atoms with van der Waals surface area (Å²) < 4.78 is 0.382. The van der Waals surface area contributed by atoms with Gasteiger partial charge in [0.25, 0.3) is 0 Å². The van der Waals surface area contributed by atoms with E-state index >= 15 is 0 Å². The summed E-state index contributed by atoms with van der Waals surface area (Å²) in [4.78, 5) is 13.9. The van der Waals surface area contributed by atoms with Gasteiger partial charge in [-0.05, 0) is 28.1 Å². The highest BCUT2D eigenvalue weighted by Gasteiger charge is 2.10. The van der Waals surface area contributed by atoms with E-state index in [-0.39, 0.29) is 11.4 Å². The molecule has 5 heteroatoms. The number of halogens is 1. The summed E-state index contributed by atoms with van der Waals surface area (Å²) in [6.07, 6.45) is 0. The van der Waals surface area contributed by atoms with E-state index in [0.717, 1.165) is 0 Å². The van der Waals surface area contributed by atoms with Crippen LogP contribution in [0.25, 0.3) is 0 Å². The molecule has 0 aliphatic rings. The molecule has 0 aliphatic heterocycles. The summed E-state index contributed by atoms with van der Waals surface area (Å²) in [5.41, 5.74) is -0.348. The number of aromatic nitrogens is 1. The molecule has 0 unspecified atom stereocenters.